The third-order valence-corrected chi connectivity index (χ3v) is 1.59. The molecule has 1 heterocycles. The fraction of sp³-hybridized carbons (Fsp3) is 0. The summed E-state index contributed by atoms with van der Waals surface area (Å²) in [6.07, 6.45) is 1.37. The lowest BCUT2D eigenvalue weighted by molar-refractivity contribution is 0.509. The van der Waals surface area contributed by atoms with Gasteiger partial charge in [0.1, 0.15) is 6.33 Å². The van der Waals surface area contributed by atoms with E-state index in [4.69, 9.17) is 0 Å². The summed E-state index contributed by atoms with van der Waals surface area (Å²) in [5.74, 6) is -1.43. The van der Waals surface area contributed by atoms with Crippen LogP contribution in [0.1, 0.15) is 0 Å². The first-order valence-electron chi connectivity index (χ1n) is 3.58. The maximum Gasteiger partial charge on any atom is 0.180 e. The van der Waals surface area contributed by atoms with Crippen molar-refractivity contribution in [2.45, 2.75) is 0 Å². The van der Waals surface area contributed by atoms with Crippen LogP contribution in [0.5, 0.6) is 0 Å². The van der Waals surface area contributed by atoms with Gasteiger partial charge >= 0.3 is 0 Å². The molecular formula is C8H5F2N3. The van der Waals surface area contributed by atoms with Gasteiger partial charge in [0.2, 0.25) is 0 Å². The van der Waals surface area contributed by atoms with Crippen LogP contribution < -0.4 is 0 Å². The van der Waals surface area contributed by atoms with Gasteiger partial charge in [-0.1, -0.05) is 0 Å². The molecule has 5 heteroatoms. The highest BCUT2D eigenvalue weighted by atomic mass is 19.2. The average Bonchev–Trinajstić information content (AvgIpc) is 2.62. The third-order valence-electron chi connectivity index (χ3n) is 1.59. The topological polar surface area (TPSA) is 41.6 Å². The van der Waals surface area contributed by atoms with Gasteiger partial charge in [-0.2, -0.15) is 5.10 Å². The van der Waals surface area contributed by atoms with E-state index in [1.807, 2.05) is 0 Å². The summed E-state index contributed by atoms with van der Waals surface area (Å²) in [6, 6.07) is 3.51. The summed E-state index contributed by atoms with van der Waals surface area (Å²) in [4.78, 5) is 3.80. The molecule has 0 amide bonds. The maximum atomic E-state index is 12.7. The number of H-pyrrole nitrogens is 1. The molecule has 0 spiro atoms. The van der Waals surface area contributed by atoms with Gasteiger partial charge < -0.3 is 0 Å². The van der Waals surface area contributed by atoms with Crippen LogP contribution in [-0.2, 0) is 0 Å². The van der Waals surface area contributed by atoms with Gasteiger partial charge in [-0.3, -0.25) is 5.10 Å². The molecule has 1 aromatic carbocycles. The molecule has 0 aliphatic rings. The number of hydrogen-bond acceptors (Lipinski definition) is 2. The van der Waals surface area contributed by atoms with Crippen LogP contribution >= 0.6 is 0 Å². The molecule has 0 unspecified atom stereocenters. The van der Waals surface area contributed by atoms with Crippen LogP contribution in [0.15, 0.2) is 24.5 Å². The zero-order chi connectivity index (χ0) is 9.26. The molecule has 0 saturated carbocycles. The van der Waals surface area contributed by atoms with Crippen LogP contribution in [0.25, 0.3) is 11.4 Å². The molecular weight excluding hydrogens is 176 g/mol. The van der Waals surface area contributed by atoms with Gasteiger partial charge in [-0.25, -0.2) is 13.8 Å². The molecule has 66 valence electrons. The first-order chi connectivity index (χ1) is 6.27. The van der Waals surface area contributed by atoms with E-state index in [-0.39, 0.29) is 0 Å². The second-order valence-corrected chi connectivity index (χ2v) is 2.45. The van der Waals surface area contributed by atoms with Crippen LogP contribution in [0, 0.1) is 11.6 Å². The summed E-state index contributed by atoms with van der Waals surface area (Å²) in [5, 5.41) is 6.22. The predicted molar refractivity (Wildman–Crippen MR) is 41.7 cm³/mol. The summed E-state index contributed by atoms with van der Waals surface area (Å²) in [6.45, 7) is 0. The Morgan fingerprint density at radius 3 is 2.62 bits per heavy atom. The Bertz CT molecular complexity index is 411. The molecule has 1 N–H and O–H groups in total. The second kappa shape index (κ2) is 2.93. The SMILES string of the molecule is Fc1ccc(-c2nc[nH]n2)cc1F. The normalized spacial score (nSPS) is 10.3. The van der Waals surface area contributed by atoms with Crippen LogP contribution in [0.4, 0.5) is 8.78 Å². The number of nitrogens with zero attached hydrogens (tertiary/aromatic N) is 2. The van der Waals surface area contributed by atoms with E-state index in [2.05, 4.69) is 15.2 Å². The molecule has 3 nitrogen and oxygen atoms in total. The van der Waals surface area contributed by atoms with Crippen molar-refractivity contribution in [2.24, 2.45) is 0 Å². The van der Waals surface area contributed by atoms with Gasteiger partial charge in [0.15, 0.2) is 17.5 Å². The average molecular weight is 181 g/mol. The summed E-state index contributed by atoms with van der Waals surface area (Å²) < 4.78 is 25.2. The van der Waals surface area contributed by atoms with Gasteiger partial charge in [0.25, 0.3) is 0 Å². The van der Waals surface area contributed by atoms with Crippen molar-refractivity contribution in [3.63, 3.8) is 0 Å². The standard InChI is InChI=1S/C8H5F2N3/c9-6-2-1-5(3-7(6)10)8-11-4-12-13-8/h1-4H,(H,11,12,13). The van der Waals surface area contributed by atoms with E-state index in [1.165, 1.54) is 12.4 Å². The largest absolute Gasteiger partial charge is 0.265 e. The number of benzene rings is 1. The highest BCUT2D eigenvalue weighted by Crippen LogP contribution is 2.16. The molecule has 0 bridgehead atoms. The molecule has 0 radical (unpaired) electrons. The maximum absolute atomic E-state index is 12.7. The Morgan fingerprint density at radius 2 is 2.00 bits per heavy atom. The molecule has 0 aliphatic carbocycles. The predicted octanol–water partition coefficient (Wildman–Crippen LogP) is 1.75. The summed E-state index contributed by atoms with van der Waals surface area (Å²) in [5.41, 5.74) is 0.445. The highest BCUT2D eigenvalue weighted by Gasteiger charge is 2.06. The first kappa shape index (κ1) is 7.85. The van der Waals surface area contributed by atoms with E-state index < -0.39 is 11.6 Å². The Labute approximate surface area is 72.4 Å². The Balaban J connectivity index is 2.49. The molecule has 0 aliphatic heterocycles. The van der Waals surface area contributed by atoms with Crippen LogP contribution in [-0.4, -0.2) is 15.2 Å². The Morgan fingerprint density at radius 1 is 1.15 bits per heavy atom. The molecule has 2 aromatic rings. The molecule has 0 fully saturated rings. The van der Waals surface area contributed by atoms with E-state index in [1.54, 1.807) is 0 Å². The van der Waals surface area contributed by atoms with Gasteiger partial charge in [-0.05, 0) is 18.2 Å². The van der Waals surface area contributed by atoms with E-state index in [0.717, 1.165) is 12.1 Å². The zero-order valence-corrected chi connectivity index (χ0v) is 6.46. The van der Waals surface area contributed by atoms with Crippen molar-refractivity contribution in [3.8, 4) is 11.4 Å². The number of hydrogen-bond donors (Lipinski definition) is 1. The van der Waals surface area contributed by atoms with Gasteiger partial charge in [0, 0.05) is 5.56 Å². The minimum atomic E-state index is -0.901. The van der Waals surface area contributed by atoms with Crippen molar-refractivity contribution in [2.75, 3.05) is 0 Å². The highest BCUT2D eigenvalue weighted by molar-refractivity contribution is 5.53. The number of aromatic amines is 1. The molecule has 1 aromatic heterocycles. The first-order valence-corrected chi connectivity index (χ1v) is 3.58. The third kappa shape index (κ3) is 1.40. The van der Waals surface area contributed by atoms with E-state index in [9.17, 15) is 8.78 Å². The smallest absolute Gasteiger partial charge is 0.180 e. The van der Waals surface area contributed by atoms with Crippen molar-refractivity contribution in [1.29, 1.82) is 0 Å². The molecule has 2 rings (SSSR count). The van der Waals surface area contributed by atoms with E-state index >= 15 is 0 Å². The number of rotatable bonds is 1. The summed E-state index contributed by atoms with van der Waals surface area (Å²) >= 11 is 0. The second-order valence-electron chi connectivity index (χ2n) is 2.45. The zero-order valence-electron chi connectivity index (χ0n) is 6.46. The van der Waals surface area contributed by atoms with Gasteiger partial charge in [0.05, 0.1) is 0 Å². The Hall–Kier alpha value is -1.78. The fourth-order valence-corrected chi connectivity index (χ4v) is 0.983. The minimum Gasteiger partial charge on any atom is -0.265 e. The molecule has 0 saturated heterocycles. The minimum absolute atomic E-state index is 0.346. The number of nitrogens with one attached hydrogen (secondary N) is 1. The Kier molecular flexibility index (Phi) is 1.77. The van der Waals surface area contributed by atoms with Crippen molar-refractivity contribution in [1.82, 2.24) is 15.2 Å². The van der Waals surface area contributed by atoms with E-state index in [0.29, 0.717) is 11.4 Å². The fourth-order valence-electron chi connectivity index (χ4n) is 0.983. The van der Waals surface area contributed by atoms with Gasteiger partial charge in [-0.15, -0.1) is 0 Å². The number of aromatic nitrogens is 3. The quantitative estimate of drug-likeness (QED) is 0.728. The van der Waals surface area contributed by atoms with Crippen LogP contribution in [0.3, 0.4) is 0 Å². The van der Waals surface area contributed by atoms with Crippen LogP contribution in [0.2, 0.25) is 0 Å². The monoisotopic (exact) mass is 181 g/mol. The van der Waals surface area contributed by atoms with Crippen molar-refractivity contribution < 1.29 is 8.78 Å². The van der Waals surface area contributed by atoms with Crippen molar-refractivity contribution >= 4 is 0 Å². The lowest BCUT2D eigenvalue weighted by Crippen LogP contribution is -1.86. The molecule has 0 atom stereocenters. The van der Waals surface area contributed by atoms with Crippen molar-refractivity contribution in [3.05, 3.63) is 36.2 Å². The summed E-state index contributed by atoms with van der Waals surface area (Å²) in [7, 11) is 0. The molecule has 13 heavy (non-hydrogen) atoms. The number of halogens is 2. The lowest BCUT2D eigenvalue weighted by atomic mass is 10.2. The lowest BCUT2D eigenvalue weighted by Gasteiger charge is -1.95.